The summed E-state index contributed by atoms with van der Waals surface area (Å²) >= 11 is 0. The van der Waals surface area contributed by atoms with Gasteiger partial charge in [0.05, 0.1) is 6.54 Å². The van der Waals surface area contributed by atoms with Crippen LogP contribution in [-0.4, -0.2) is 62.5 Å². The van der Waals surface area contributed by atoms with Crippen molar-refractivity contribution in [1.82, 2.24) is 15.1 Å². The molecule has 1 saturated heterocycles. The summed E-state index contributed by atoms with van der Waals surface area (Å²) in [5.41, 5.74) is 0. The standard InChI is InChI=1S/C8H17N3O/c1-10(2)7-8(12)11-5-3-9-4-6-11/h9H,3-7H2,1-2H3. The molecule has 0 unspecified atom stereocenters. The van der Waals surface area contributed by atoms with Crippen molar-refractivity contribution in [1.29, 1.82) is 0 Å². The number of hydrogen-bond acceptors (Lipinski definition) is 3. The Morgan fingerprint density at radius 3 is 2.50 bits per heavy atom. The van der Waals surface area contributed by atoms with Gasteiger partial charge >= 0.3 is 0 Å². The molecule has 0 aromatic rings. The van der Waals surface area contributed by atoms with Crippen LogP contribution in [0.15, 0.2) is 0 Å². The van der Waals surface area contributed by atoms with Crippen LogP contribution in [0.3, 0.4) is 0 Å². The molecule has 0 spiro atoms. The molecule has 1 N–H and O–H groups in total. The fourth-order valence-corrected chi connectivity index (χ4v) is 1.28. The number of carbonyl (C=O) groups excluding carboxylic acids is 1. The van der Waals surface area contributed by atoms with Gasteiger partial charge in [-0.2, -0.15) is 0 Å². The second kappa shape index (κ2) is 4.42. The van der Waals surface area contributed by atoms with Crippen molar-refractivity contribution in [3.8, 4) is 0 Å². The topological polar surface area (TPSA) is 35.6 Å². The lowest BCUT2D eigenvalue weighted by Gasteiger charge is -2.28. The van der Waals surface area contributed by atoms with E-state index in [0.29, 0.717) is 6.54 Å². The summed E-state index contributed by atoms with van der Waals surface area (Å²) < 4.78 is 0. The first-order valence-corrected chi connectivity index (χ1v) is 4.33. The third kappa shape index (κ3) is 2.79. The van der Waals surface area contributed by atoms with E-state index in [0.717, 1.165) is 26.2 Å². The Hall–Kier alpha value is -0.610. The van der Waals surface area contributed by atoms with Crippen molar-refractivity contribution < 1.29 is 4.79 Å². The molecule has 1 heterocycles. The molecule has 0 saturated carbocycles. The normalized spacial score (nSPS) is 18.4. The van der Waals surface area contributed by atoms with E-state index in [2.05, 4.69) is 5.32 Å². The van der Waals surface area contributed by atoms with Crippen LogP contribution >= 0.6 is 0 Å². The third-order valence-corrected chi connectivity index (χ3v) is 1.92. The molecule has 1 aliphatic rings. The van der Waals surface area contributed by atoms with Crippen LogP contribution in [-0.2, 0) is 4.79 Å². The molecule has 0 radical (unpaired) electrons. The number of hydrogen-bond donors (Lipinski definition) is 1. The summed E-state index contributed by atoms with van der Waals surface area (Å²) in [5, 5.41) is 3.22. The number of nitrogens with zero attached hydrogens (tertiary/aromatic N) is 2. The minimum atomic E-state index is 0.238. The Morgan fingerprint density at radius 2 is 2.00 bits per heavy atom. The maximum Gasteiger partial charge on any atom is 0.236 e. The largest absolute Gasteiger partial charge is 0.339 e. The number of piperazine rings is 1. The summed E-state index contributed by atoms with van der Waals surface area (Å²) in [7, 11) is 3.83. The maximum absolute atomic E-state index is 11.5. The smallest absolute Gasteiger partial charge is 0.236 e. The molecule has 70 valence electrons. The fraction of sp³-hybridized carbons (Fsp3) is 0.875. The Morgan fingerprint density at radius 1 is 1.42 bits per heavy atom. The summed E-state index contributed by atoms with van der Waals surface area (Å²) in [6.45, 7) is 4.09. The van der Waals surface area contributed by atoms with Crippen LogP contribution in [0.5, 0.6) is 0 Å². The van der Waals surface area contributed by atoms with Gasteiger partial charge in [-0.05, 0) is 14.1 Å². The Balaban J connectivity index is 2.30. The van der Waals surface area contributed by atoms with Crippen LogP contribution in [0, 0.1) is 0 Å². The van der Waals surface area contributed by atoms with Gasteiger partial charge in [-0.15, -0.1) is 0 Å². The number of amides is 1. The van der Waals surface area contributed by atoms with Crippen LogP contribution < -0.4 is 5.32 Å². The molecular weight excluding hydrogens is 154 g/mol. The zero-order valence-corrected chi connectivity index (χ0v) is 7.84. The van der Waals surface area contributed by atoms with Crippen molar-refractivity contribution in [2.45, 2.75) is 0 Å². The van der Waals surface area contributed by atoms with Crippen molar-refractivity contribution in [2.75, 3.05) is 46.8 Å². The first-order chi connectivity index (χ1) is 5.70. The van der Waals surface area contributed by atoms with Gasteiger partial charge in [-0.1, -0.05) is 0 Å². The van der Waals surface area contributed by atoms with E-state index in [1.54, 1.807) is 0 Å². The lowest BCUT2D eigenvalue weighted by Crippen LogP contribution is -2.48. The molecule has 1 fully saturated rings. The van der Waals surface area contributed by atoms with Crippen molar-refractivity contribution >= 4 is 5.91 Å². The molecule has 1 rings (SSSR count). The molecule has 1 amide bonds. The zero-order valence-electron chi connectivity index (χ0n) is 7.84. The first-order valence-electron chi connectivity index (χ1n) is 4.33. The van der Waals surface area contributed by atoms with Crippen LogP contribution in [0.4, 0.5) is 0 Å². The van der Waals surface area contributed by atoms with Gasteiger partial charge in [0.25, 0.3) is 0 Å². The molecule has 0 bridgehead atoms. The van der Waals surface area contributed by atoms with Gasteiger partial charge < -0.3 is 15.1 Å². The molecular formula is C8H17N3O. The zero-order chi connectivity index (χ0) is 8.97. The average molecular weight is 171 g/mol. The minimum absolute atomic E-state index is 0.238. The summed E-state index contributed by atoms with van der Waals surface area (Å²) in [6.07, 6.45) is 0. The summed E-state index contributed by atoms with van der Waals surface area (Å²) in [6, 6.07) is 0. The number of rotatable bonds is 2. The summed E-state index contributed by atoms with van der Waals surface area (Å²) in [4.78, 5) is 15.3. The Kier molecular flexibility index (Phi) is 3.49. The van der Waals surface area contributed by atoms with Crippen LogP contribution in [0.2, 0.25) is 0 Å². The van der Waals surface area contributed by atoms with Crippen molar-refractivity contribution in [2.24, 2.45) is 0 Å². The Labute approximate surface area is 73.5 Å². The predicted octanol–water partition coefficient (Wildman–Crippen LogP) is -1.02. The SMILES string of the molecule is CN(C)CC(=O)N1CCNCC1. The molecule has 0 atom stereocenters. The highest BCUT2D eigenvalue weighted by molar-refractivity contribution is 5.78. The Bertz CT molecular complexity index is 152. The maximum atomic E-state index is 11.5. The predicted molar refractivity (Wildman–Crippen MR) is 48.0 cm³/mol. The lowest BCUT2D eigenvalue weighted by atomic mass is 10.3. The van der Waals surface area contributed by atoms with E-state index in [1.165, 1.54) is 0 Å². The second-order valence-electron chi connectivity index (χ2n) is 3.37. The molecule has 12 heavy (non-hydrogen) atoms. The molecule has 4 nitrogen and oxygen atoms in total. The molecule has 4 heteroatoms. The van der Waals surface area contributed by atoms with Gasteiger partial charge in [0.2, 0.25) is 5.91 Å². The van der Waals surface area contributed by atoms with Gasteiger partial charge in [-0.25, -0.2) is 0 Å². The number of likely N-dealkylation sites (N-methyl/N-ethyl adjacent to an activating group) is 1. The van der Waals surface area contributed by atoms with E-state index >= 15 is 0 Å². The fourth-order valence-electron chi connectivity index (χ4n) is 1.28. The van der Waals surface area contributed by atoms with Crippen molar-refractivity contribution in [3.63, 3.8) is 0 Å². The minimum Gasteiger partial charge on any atom is -0.339 e. The highest BCUT2D eigenvalue weighted by Crippen LogP contribution is 1.93. The van der Waals surface area contributed by atoms with E-state index in [4.69, 9.17) is 0 Å². The van der Waals surface area contributed by atoms with E-state index in [9.17, 15) is 4.79 Å². The molecule has 1 aliphatic heterocycles. The van der Waals surface area contributed by atoms with E-state index < -0.39 is 0 Å². The summed E-state index contributed by atoms with van der Waals surface area (Å²) in [5.74, 6) is 0.238. The van der Waals surface area contributed by atoms with Gasteiger partial charge in [0.15, 0.2) is 0 Å². The highest BCUT2D eigenvalue weighted by atomic mass is 16.2. The number of carbonyl (C=O) groups is 1. The molecule has 0 aliphatic carbocycles. The van der Waals surface area contributed by atoms with Crippen LogP contribution in [0.1, 0.15) is 0 Å². The lowest BCUT2D eigenvalue weighted by molar-refractivity contribution is -0.132. The number of nitrogens with one attached hydrogen (secondary N) is 1. The van der Waals surface area contributed by atoms with Gasteiger partial charge in [-0.3, -0.25) is 4.79 Å². The molecule has 0 aromatic carbocycles. The second-order valence-corrected chi connectivity index (χ2v) is 3.37. The van der Waals surface area contributed by atoms with Gasteiger partial charge in [0.1, 0.15) is 0 Å². The monoisotopic (exact) mass is 171 g/mol. The first kappa shape index (κ1) is 9.48. The van der Waals surface area contributed by atoms with Crippen molar-refractivity contribution in [3.05, 3.63) is 0 Å². The quantitative estimate of drug-likeness (QED) is 0.577. The third-order valence-electron chi connectivity index (χ3n) is 1.92. The average Bonchev–Trinajstić information content (AvgIpc) is 2.05. The van der Waals surface area contributed by atoms with E-state index in [-0.39, 0.29) is 5.91 Å². The highest BCUT2D eigenvalue weighted by Gasteiger charge is 2.15. The molecule has 0 aromatic heterocycles. The van der Waals surface area contributed by atoms with Crippen LogP contribution in [0.25, 0.3) is 0 Å². The van der Waals surface area contributed by atoms with Gasteiger partial charge in [0, 0.05) is 26.2 Å². The van der Waals surface area contributed by atoms with E-state index in [1.807, 2.05) is 23.9 Å².